The largest absolute Gasteiger partial charge is 0.356 e. The minimum absolute atomic E-state index is 0.630. The molecule has 1 saturated heterocycles. The Bertz CT molecular complexity index is 472. The molecule has 22 heavy (non-hydrogen) atoms. The third kappa shape index (κ3) is 4.98. The van der Waals surface area contributed by atoms with Gasteiger partial charge in [-0.3, -0.25) is 9.89 Å². The van der Waals surface area contributed by atoms with Gasteiger partial charge in [-0.2, -0.15) is 4.98 Å². The summed E-state index contributed by atoms with van der Waals surface area (Å²) in [5.74, 6) is 2.26. The number of hydrogen-bond donors (Lipinski definition) is 2. The van der Waals surface area contributed by atoms with Crippen LogP contribution in [-0.2, 0) is 6.42 Å². The van der Waals surface area contributed by atoms with E-state index in [1.807, 2.05) is 14.0 Å². The van der Waals surface area contributed by atoms with Crippen molar-refractivity contribution in [3.8, 4) is 0 Å². The molecule has 1 fully saturated rings. The molecule has 7 heteroatoms. The van der Waals surface area contributed by atoms with Gasteiger partial charge in [0.05, 0.1) is 0 Å². The second-order valence-electron chi connectivity index (χ2n) is 5.64. The maximum atomic E-state index is 5.10. The summed E-state index contributed by atoms with van der Waals surface area (Å²) in [5.41, 5.74) is 0. The SMILES string of the molecule is CCN1CCCC1CNC(=NC)NCCCc1nc(C)no1. The van der Waals surface area contributed by atoms with Gasteiger partial charge in [-0.1, -0.05) is 12.1 Å². The Labute approximate surface area is 132 Å². The zero-order valence-electron chi connectivity index (χ0n) is 13.9. The highest BCUT2D eigenvalue weighted by Crippen LogP contribution is 2.15. The molecule has 0 saturated carbocycles. The van der Waals surface area contributed by atoms with Crippen LogP contribution in [-0.4, -0.2) is 60.3 Å². The summed E-state index contributed by atoms with van der Waals surface area (Å²) in [5, 5.41) is 10.5. The standard InChI is InChI=1S/C15H28N6O/c1-4-21-10-6-7-13(21)11-18-15(16-3)17-9-5-8-14-19-12(2)20-22-14/h13H,4-11H2,1-3H3,(H2,16,17,18). The maximum absolute atomic E-state index is 5.10. The first-order valence-electron chi connectivity index (χ1n) is 8.20. The van der Waals surface area contributed by atoms with E-state index >= 15 is 0 Å². The third-order valence-electron chi connectivity index (χ3n) is 4.06. The molecule has 0 amide bonds. The van der Waals surface area contributed by atoms with E-state index in [0.29, 0.717) is 17.8 Å². The monoisotopic (exact) mass is 308 g/mol. The lowest BCUT2D eigenvalue weighted by Crippen LogP contribution is -2.45. The van der Waals surface area contributed by atoms with Gasteiger partial charge < -0.3 is 15.2 Å². The summed E-state index contributed by atoms with van der Waals surface area (Å²) in [4.78, 5) is 11.0. The second-order valence-corrected chi connectivity index (χ2v) is 5.64. The Hall–Kier alpha value is -1.63. The molecule has 1 atom stereocenters. The molecule has 0 bridgehead atoms. The van der Waals surface area contributed by atoms with Gasteiger partial charge in [0.25, 0.3) is 0 Å². The van der Waals surface area contributed by atoms with Crippen LogP contribution in [0.2, 0.25) is 0 Å². The van der Waals surface area contributed by atoms with Gasteiger partial charge in [-0.05, 0) is 39.3 Å². The van der Waals surface area contributed by atoms with Gasteiger partial charge in [0, 0.05) is 32.6 Å². The normalized spacial score (nSPS) is 19.6. The number of nitrogens with zero attached hydrogens (tertiary/aromatic N) is 4. The Morgan fingerprint density at radius 1 is 1.45 bits per heavy atom. The van der Waals surface area contributed by atoms with Crippen molar-refractivity contribution in [2.24, 2.45) is 4.99 Å². The predicted octanol–water partition coefficient (Wildman–Crippen LogP) is 0.960. The molecule has 0 aliphatic carbocycles. The van der Waals surface area contributed by atoms with Crippen LogP contribution in [0, 0.1) is 6.92 Å². The number of guanidine groups is 1. The third-order valence-corrected chi connectivity index (χ3v) is 4.06. The summed E-state index contributed by atoms with van der Waals surface area (Å²) in [6.45, 7) is 8.20. The number of likely N-dealkylation sites (N-methyl/N-ethyl adjacent to an activating group) is 1. The summed E-state index contributed by atoms with van der Waals surface area (Å²) >= 11 is 0. The average molecular weight is 308 g/mol. The highest BCUT2D eigenvalue weighted by molar-refractivity contribution is 5.79. The van der Waals surface area contributed by atoms with Gasteiger partial charge in [-0.25, -0.2) is 0 Å². The minimum atomic E-state index is 0.630. The second kappa shape index (κ2) is 8.73. The lowest BCUT2D eigenvalue weighted by Gasteiger charge is -2.23. The van der Waals surface area contributed by atoms with Crippen molar-refractivity contribution in [3.05, 3.63) is 11.7 Å². The maximum Gasteiger partial charge on any atom is 0.226 e. The molecule has 1 aliphatic heterocycles. The molecule has 1 aromatic rings. The number of hydrogen-bond acceptors (Lipinski definition) is 5. The van der Waals surface area contributed by atoms with Gasteiger partial charge in [0.2, 0.25) is 5.89 Å². The van der Waals surface area contributed by atoms with Gasteiger partial charge >= 0.3 is 0 Å². The highest BCUT2D eigenvalue weighted by atomic mass is 16.5. The summed E-state index contributed by atoms with van der Waals surface area (Å²) in [7, 11) is 1.81. The minimum Gasteiger partial charge on any atom is -0.356 e. The van der Waals surface area contributed by atoms with Crippen LogP contribution < -0.4 is 10.6 Å². The van der Waals surface area contributed by atoms with Crippen molar-refractivity contribution in [1.29, 1.82) is 0 Å². The molecule has 1 aliphatic rings. The van der Waals surface area contributed by atoms with Crippen molar-refractivity contribution in [1.82, 2.24) is 25.7 Å². The average Bonchev–Trinajstić information content (AvgIpc) is 3.15. The van der Waals surface area contributed by atoms with Crippen LogP contribution in [0.3, 0.4) is 0 Å². The topological polar surface area (TPSA) is 78.6 Å². The molecular weight excluding hydrogens is 280 g/mol. The van der Waals surface area contributed by atoms with Crippen molar-refractivity contribution in [2.45, 2.75) is 45.6 Å². The number of aryl methyl sites for hydroxylation is 2. The lowest BCUT2D eigenvalue weighted by atomic mass is 10.2. The van der Waals surface area contributed by atoms with E-state index < -0.39 is 0 Å². The molecule has 124 valence electrons. The van der Waals surface area contributed by atoms with E-state index in [4.69, 9.17) is 4.52 Å². The van der Waals surface area contributed by atoms with E-state index in [2.05, 4.69) is 37.6 Å². The van der Waals surface area contributed by atoms with E-state index in [1.54, 1.807) is 0 Å². The van der Waals surface area contributed by atoms with E-state index in [-0.39, 0.29) is 0 Å². The fraction of sp³-hybridized carbons (Fsp3) is 0.800. The van der Waals surface area contributed by atoms with Gasteiger partial charge in [-0.15, -0.1) is 0 Å². The predicted molar refractivity (Wildman–Crippen MR) is 87.0 cm³/mol. The van der Waals surface area contributed by atoms with Crippen molar-refractivity contribution in [2.75, 3.05) is 33.2 Å². The number of nitrogens with one attached hydrogen (secondary N) is 2. The number of aliphatic imine (C=N–C) groups is 1. The Morgan fingerprint density at radius 2 is 2.32 bits per heavy atom. The molecular formula is C15H28N6O. The van der Waals surface area contributed by atoms with Crippen LogP contribution in [0.4, 0.5) is 0 Å². The number of rotatable bonds is 7. The van der Waals surface area contributed by atoms with Gasteiger partial charge in [0.1, 0.15) is 0 Å². The van der Waals surface area contributed by atoms with Gasteiger partial charge in [0.15, 0.2) is 11.8 Å². The van der Waals surface area contributed by atoms with Crippen molar-refractivity contribution >= 4 is 5.96 Å². The highest BCUT2D eigenvalue weighted by Gasteiger charge is 2.22. The molecule has 7 nitrogen and oxygen atoms in total. The number of likely N-dealkylation sites (tertiary alicyclic amines) is 1. The summed E-state index contributed by atoms with van der Waals surface area (Å²) in [6, 6.07) is 0.630. The Kier molecular flexibility index (Phi) is 6.64. The molecule has 2 N–H and O–H groups in total. The molecule has 1 unspecified atom stereocenters. The van der Waals surface area contributed by atoms with Crippen molar-refractivity contribution < 1.29 is 4.52 Å². The van der Waals surface area contributed by atoms with Crippen molar-refractivity contribution in [3.63, 3.8) is 0 Å². The molecule has 0 radical (unpaired) electrons. The first kappa shape index (κ1) is 16.7. The summed E-state index contributed by atoms with van der Waals surface area (Å²) < 4.78 is 5.10. The van der Waals surface area contributed by atoms with Crippen LogP contribution >= 0.6 is 0 Å². The van der Waals surface area contributed by atoms with Crippen LogP contribution in [0.25, 0.3) is 0 Å². The molecule has 0 aromatic carbocycles. The van der Waals surface area contributed by atoms with Crippen LogP contribution in [0.5, 0.6) is 0 Å². The quantitative estimate of drug-likeness (QED) is 0.444. The smallest absolute Gasteiger partial charge is 0.226 e. The molecule has 2 rings (SSSR count). The van der Waals surface area contributed by atoms with E-state index in [9.17, 15) is 0 Å². The fourth-order valence-electron chi connectivity index (χ4n) is 2.87. The molecule has 1 aromatic heterocycles. The zero-order valence-corrected chi connectivity index (χ0v) is 13.9. The Morgan fingerprint density at radius 3 is 3.00 bits per heavy atom. The Balaban J connectivity index is 1.63. The first-order chi connectivity index (χ1) is 10.7. The number of aromatic nitrogens is 2. The molecule has 0 spiro atoms. The van der Waals surface area contributed by atoms with E-state index in [1.165, 1.54) is 19.4 Å². The van der Waals surface area contributed by atoms with Crippen LogP contribution in [0.1, 0.15) is 37.9 Å². The molecule has 2 heterocycles. The van der Waals surface area contributed by atoms with Crippen LogP contribution in [0.15, 0.2) is 9.52 Å². The lowest BCUT2D eigenvalue weighted by molar-refractivity contribution is 0.267. The van der Waals surface area contributed by atoms with E-state index in [0.717, 1.165) is 38.4 Å². The fourth-order valence-corrected chi connectivity index (χ4v) is 2.87. The zero-order chi connectivity index (χ0) is 15.8. The first-order valence-corrected chi connectivity index (χ1v) is 8.20. The summed E-state index contributed by atoms with van der Waals surface area (Å²) in [6.07, 6.45) is 4.30.